The summed E-state index contributed by atoms with van der Waals surface area (Å²) < 4.78 is 26.0. The standard InChI is InChI=1S/C34H36FN3O5/c1-34(2)13-11-21-17-24(18-26(35)29(21)34)36-31(39)30-25-9-10-28(42-3)37-27(25)12-14-38(30)32(40)22-15-23(16-22)33(41)43-19-20-7-5-4-6-8-20/h4-10,17-18,22-23,30H,11-16,19H2,1-3H3,(H,36,39)/t22-,23+,30?. The molecule has 1 atom stereocenters. The second kappa shape index (κ2) is 11.4. The van der Waals surface area contributed by atoms with Crippen LogP contribution >= 0.6 is 0 Å². The minimum absolute atomic E-state index is 0.185. The number of esters is 1. The number of hydrogen-bond donors (Lipinski definition) is 1. The zero-order valence-corrected chi connectivity index (χ0v) is 24.7. The highest BCUT2D eigenvalue weighted by Crippen LogP contribution is 2.42. The lowest BCUT2D eigenvalue weighted by atomic mass is 9.73. The van der Waals surface area contributed by atoms with Gasteiger partial charge in [-0.25, -0.2) is 9.37 Å². The number of anilines is 1. The third-order valence-electron chi connectivity index (χ3n) is 9.10. The molecular weight excluding hydrogens is 549 g/mol. The Morgan fingerprint density at radius 2 is 1.81 bits per heavy atom. The monoisotopic (exact) mass is 585 g/mol. The van der Waals surface area contributed by atoms with Crippen molar-refractivity contribution in [3.8, 4) is 5.88 Å². The smallest absolute Gasteiger partial charge is 0.309 e. The number of benzene rings is 2. The Labute approximate surface area is 250 Å². The third-order valence-corrected chi connectivity index (χ3v) is 9.10. The highest BCUT2D eigenvalue weighted by molar-refractivity contribution is 5.99. The van der Waals surface area contributed by atoms with Crippen molar-refractivity contribution in [2.75, 3.05) is 19.0 Å². The van der Waals surface area contributed by atoms with E-state index in [0.29, 0.717) is 47.7 Å². The Bertz CT molecular complexity index is 1570. The molecule has 8 nitrogen and oxygen atoms in total. The summed E-state index contributed by atoms with van der Waals surface area (Å²) in [5, 5.41) is 2.89. The van der Waals surface area contributed by atoms with Gasteiger partial charge in [-0.05, 0) is 66.0 Å². The van der Waals surface area contributed by atoms with Crippen molar-refractivity contribution >= 4 is 23.5 Å². The summed E-state index contributed by atoms with van der Waals surface area (Å²) in [7, 11) is 1.53. The van der Waals surface area contributed by atoms with Gasteiger partial charge in [-0.15, -0.1) is 0 Å². The molecule has 2 aliphatic carbocycles. The van der Waals surface area contributed by atoms with E-state index in [1.54, 1.807) is 17.0 Å². The summed E-state index contributed by atoms with van der Waals surface area (Å²) in [6, 6.07) is 15.1. The Hall–Kier alpha value is -4.27. The van der Waals surface area contributed by atoms with Gasteiger partial charge in [0, 0.05) is 36.2 Å². The van der Waals surface area contributed by atoms with Gasteiger partial charge in [-0.3, -0.25) is 14.4 Å². The number of nitrogens with one attached hydrogen (secondary N) is 1. The number of fused-ring (bicyclic) bond motifs is 2. The fourth-order valence-electron chi connectivity index (χ4n) is 6.67. The lowest BCUT2D eigenvalue weighted by Crippen LogP contribution is -2.50. The molecule has 0 spiro atoms. The van der Waals surface area contributed by atoms with Crippen molar-refractivity contribution in [1.82, 2.24) is 9.88 Å². The number of rotatable bonds is 7. The fraction of sp³-hybridized carbons (Fsp3) is 0.412. The second-order valence-electron chi connectivity index (χ2n) is 12.4. The van der Waals surface area contributed by atoms with Crippen molar-refractivity contribution in [3.05, 3.63) is 88.4 Å². The normalized spacial score (nSPS) is 21.7. The number of carbonyl (C=O) groups excluding carboxylic acids is 3. The number of aromatic nitrogens is 1. The Kier molecular flexibility index (Phi) is 7.66. The fourth-order valence-corrected chi connectivity index (χ4v) is 6.67. The van der Waals surface area contributed by atoms with Crippen LogP contribution in [-0.4, -0.2) is 41.3 Å². The van der Waals surface area contributed by atoms with Crippen molar-refractivity contribution < 1.29 is 28.2 Å². The molecule has 3 aromatic rings. The van der Waals surface area contributed by atoms with Gasteiger partial charge < -0.3 is 19.7 Å². The van der Waals surface area contributed by atoms with Crippen LogP contribution in [0.2, 0.25) is 0 Å². The topological polar surface area (TPSA) is 97.8 Å². The van der Waals surface area contributed by atoms with Crippen molar-refractivity contribution in [3.63, 3.8) is 0 Å². The first-order chi connectivity index (χ1) is 20.6. The summed E-state index contributed by atoms with van der Waals surface area (Å²) in [5.74, 6) is -1.59. The second-order valence-corrected chi connectivity index (χ2v) is 12.4. The lowest BCUT2D eigenvalue weighted by Gasteiger charge is -2.41. The van der Waals surface area contributed by atoms with E-state index in [0.717, 1.165) is 24.0 Å². The van der Waals surface area contributed by atoms with Crippen molar-refractivity contribution in [2.45, 2.75) is 64.0 Å². The van der Waals surface area contributed by atoms with Crippen LogP contribution in [0.4, 0.5) is 10.1 Å². The van der Waals surface area contributed by atoms with Crippen molar-refractivity contribution in [2.24, 2.45) is 11.8 Å². The molecule has 1 saturated carbocycles. The molecule has 6 rings (SSSR count). The highest BCUT2D eigenvalue weighted by atomic mass is 19.1. The predicted octanol–water partition coefficient (Wildman–Crippen LogP) is 5.29. The van der Waals surface area contributed by atoms with E-state index in [4.69, 9.17) is 9.47 Å². The molecule has 2 heterocycles. The molecule has 43 heavy (non-hydrogen) atoms. The SMILES string of the molecule is COc1ccc2c(n1)CCN(C(=O)[C@H]1C[C@@H](C(=O)OCc3ccccc3)C1)C2C(=O)Nc1cc(F)c2c(c1)CCC2(C)C. The van der Waals surface area contributed by atoms with E-state index in [9.17, 15) is 14.4 Å². The quantitative estimate of drug-likeness (QED) is 0.379. The maximum absolute atomic E-state index is 15.2. The van der Waals surface area contributed by atoms with Crippen LogP contribution in [0.25, 0.3) is 0 Å². The zero-order chi connectivity index (χ0) is 30.3. The molecule has 2 amide bonds. The number of hydrogen-bond acceptors (Lipinski definition) is 6. The molecule has 2 aromatic carbocycles. The molecule has 1 unspecified atom stereocenters. The lowest BCUT2D eigenvalue weighted by molar-refractivity contribution is -0.159. The summed E-state index contributed by atoms with van der Waals surface area (Å²) in [5.41, 5.74) is 3.89. The molecule has 1 aliphatic heterocycles. The van der Waals surface area contributed by atoms with E-state index < -0.39 is 17.9 Å². The molecule has 1 N–H and O–H groups in total. The first kappa shape index (κ1) is 28.8. The minimum atomic E-state index is -0.952. The maximum Gasteiger partial charge on any atom is 0.309 e. The molecule has 0 radical (unpaired) electrons. The molecule has 0 saturated heterocycles. The minimum Gasteiger partial charge on any atom is -0.481 e. The number of aryl methyl sites for hydroxylation is 1. The molecule has 9 heteroatoms. The highest BCUT2D eigenvalue weighted by Gasteiger charge is 2.45. The zero-order valence-electron chi connectivity index (χ0n) is 24.7. The summed E-state index contributed by atoms with van der Waals surface area (Å²) in [4.78, 5) is 46.4. The predicted molar refractivity (Wildman–Crippen MR) is 158 cm³/mol. The van der Waals surface area contributed by atoms with Crippen LogP contribution in [0.1, 0.15) is 67.1 Å². The number of halogens is 1. The summed E-state index contributed by atoms with van der Waals surface area (Å²) in [6.07, 6.45) is 2.78. The molecule has 224 valence electrons. The van der Waals surface area contributed by atoms with Gasteiger partial charge in [0.25, 0.3) is 5.91 Å². The van der Waals surface area contributed by atoms with Gasteiger partial charge in [0.1, 0.15) is 18.5 Å². The third kappa shape index (κ3) is 5.60. The van der Waals surface area contributed by atoms with Gasteiger partial charge in [0.05, 0.1) is 18.7 Å². The Morgan fingerprint density at radius 1 is 1.05 bits per heavy atom. The number of carbonyl (C=O) groups is 3. The number of nitrogens with zero attached hydrogens (tertiary/aromatic N) is 2. The number of ether oxygens (including phenoxy) is 2. The number of amides is 2. The van der Waals surface area contributed by atoms with Crippen LogP contribution in [-0.2, 0) is 44.0 Å². The van der Waals surface area contributed by atoms with E-state index in [2.05, 4.69) is 10.3 Å². The Morgan fingerprint density at radius 3 is 2.56 bits per heavy atom. The molecular formula is C34H36FN3O5. The number of methoxy groups -OCH3 is 1. The van der Waals surface area contributed by atoms with Gasteiger partial charge in [-0.2, -0.15) is 0 Å². The van der Waals surface area contributed by atoms with E-state index in [1.165, 1.54) is 13.2 Å². The van der Waals surface area contributed by atoms with Crippen molar-refractivity contribution in [1.29, 1.82) is 0 Å². The summed E-state index contributed by atoms with van der Waals surface area (Å²) in [6.45, 7) is 4.53. The first-order valence-corrected chi connectivity index (χ1v) is 14.8. The van der Waals surface area contributed by atoms with E-state index in [-0.39, 0.29) is 42.2 Å². The molecule has 1 aromatic heterocycles. The van der Waals surface area contributed by atoms with Crippen LogP contribution in [0.5, 0.6) is 5.88 Å². The first-order valence-electron chi connectivity index (χ1n) is 14.8. The van der Waals surface area contributed by atoms with E-state index in [1.807, 2.05) is 50.2 Å². The van der Waals surface area contributed by atoms with Gasteiger partial charge in [0.15, 0.2) is 0 Å². The largest absolute Gasteiger partial charge is 0.481 e. The average Bonchev–Trinajstić information content (AvgIpc) is 3.29. The van der Waals surface area contributed by atoms with Gasteiger partial charge >= 0.3 is 5.97 Å². The van der Waals surface area contributed by atoms with Crippen LogP contribution in [0.15, 0.2) is 54.6 Å². The maximum atomic E-state index is 15.2. The van der Waals surface area contributed by atoms with Crippen LogP contribution < -0.4 is 10.1 Å². The van der Waals surface area contributed by atoms with Gasteiger partial charge in [-0.1, -0.05) is 44.2 Å². The summed E-state index contributed by atoms with van der Waals surface area (Å²) >= 11 is 0. The van der Waals surface area contributed by atoms with Crippen LogP contribution in [0, 0.1) is 17.7 Å². The molecule has 1 fully saturated rings. The molecule has 0 bridgehead atoms. The molecule has 3 aliphatic rings. The Balaban J connectivity index is 1.19. The number of pyridine rings is 1. The van der Waals surface area contributed by atoms with Crippen LogP contribution in [0.3, 0.4) is 0 Å². The van der Waals surface area contributed by atoms with E-state index >= 15 is 4.39 Å². The average molecular weight is 586 g/mol. The van der Waals surface area contributed by atoms with Gasteiger partial charge in [0.2, 0.25) is 11.8 Å².